The summed E-state index contributed by atoms with van der Waals surface area (Å²) in [6, 6.07) is 12.1. The zero-order chi connectivity index (χ0) is 24.7. The monoisotopic (exact) mass is 523 g/mol. The molecule has 34 heavy (non-hydrogen) atoms. The quantitative estimate of drug-likeness (QED) is 0.273. The number of carbonyl (C=O) groups is 2. The average Bonchev–Trinajstić information content (AvgIpc) is 3.35. The van der Waals surface area contributed by atoms with E-state index >= 15 is 0 Å². The SMILES string of the molecule is COc1cccc(/C=N\NC(=O)c2cccc(Cl)c2NS(=O)(=O)c2cccs2)c1OCC(=O)O. The van der Waals surface area contributed by atoms with Crippen LogP contribution in [0.2, 0.25) is 5.02 Å². The van der Waals surface area contributed by atoms with Gasteiger partial charge in [-0.05, 0) is 35.7 Å². The van der Waals surface area contributed by atoms with E-state index in [9.17, 15) is 18.0 Å². The van der Waals surface area contributed by atoms with Gasteiger partial charge in [0.05, 0.1) is 29.6 Å². The zero-order valence-electron chi connectivity index (χ0n) is 17.5. The van der Waals surface area contributed by atoms with Gasteiger partial charge in [0.15, 0.2) is 18.1 Å². The number of ether oxygens (including phenoxy) is 2. The molecule has 10 nitrogen and oxygen atoms in total. The smallest absolute Gasteiger partial charge is 0.341 e. The number of carboxylic acid groups (broad SMARTS) is 1. The molecule has 0 radical (unpaired) electrons. The van der Waals surface area contributed by atoms with Crippen molar-refractivity contribution in [3.63, 3.8) is 0 Å². The molecule has 0 atom stereocenters. The molecule has 1 aromatic heterocycles. The molecule has 178 valence electrons. The number of amides is 1. The van der Waals surface area contributed by atoms with Crippen LogP contribution in [0.25, 0.3) is 0 Å². The van der Waals surface area contributed by atoms with Crippen molar-refractivity contribution in [3.05, 3.63) is 70.1 Å². The van der Waals surface area contributed by atoms with Crippen molar-refractivity contribution in [1.82, 2.24) is 5.43 Å². The number of nitrogens with one attached hydrogen (secondary N) is 2. The van der Waals surface area contributed by atoms with Crippen molar-refractivity contribution in [2.75, 3.05) is 18.4 Å². The van der Waals surface area contributed by atoms with Gasteiger partial charge in [-0.1, -0.05) is 29.8 Å². The highest BCUT2D eigenvalue weighted by Gasteiger charge is 2.21. The molecule has 1 heterocycles. The molecule has 0 aliphatic rings. The molecule has 0 fully saturated rings. The first-order valence-electron chi connectivity index (χ1n) is 9.42. The second kappa shape index (κ2) is 11.0. The molecule has 3 rings (SSSR count). The molecular formula is C21H18ClN3O7S2. The average molecular weight is 524 g/mol. The van der Waals surface area contributed by atoms with E-state index in [4.69, 9.17) is 26.2 Å². The second-order valence-electron chi connectivity index (χ2n) is 6.46. The number of aliphatic carboxylic acids is 1. The van der Waals surface area contributed by atoms with Crippen LogP contribution in [0.5, 0.6) is 11.5 Å². The van der Waals surface area contributed by atoms with Crippen molar-refractivity contribution in [1.29, 1.82) is 0 Å². The van der Waals surface area contributed by atoms with Gasteiger partial charge in [-0.15, -0.1) is 11.3 Å². The molecule has 0 spiro atoms. The Hall–Kier alpha value is -3.61. The van der Waals surface area contributed by atoms with Crippen molar-refractivity contribution < 1.29 is 32.6 Å². The minimum atomic E-state index is -3.95. The molecule has 0 aliphatic heterocycles. The lowest BCUT2D eigenvalue weighted by molar-refractivity contribution is -0.139. The Morgan fingerprint density at radius 1 is 1.18 bits per heavy atom. The normalized spacial score (nSPS) is 11.2. The van der Waals surface area contributed by atoms with E-state index in [2.05, 4.69) is 15.2 Å². The predicted octanol–water partition coefficient (Wildman–Crippen LogP) is 3.44. The van der Waals surface area contributed by atoms with Crippen LogP contribution in [0.3, 0.4) is 0 Å². The molecule has 0 aliphatic carbocycles. The molecule has 13 heteroatoms. The Morgan fingerprint density at radius 2 is 1.94 bits per heavy atom. The van der Waals surface area contributed by atoms with E-state index in [1.807, 2.05) is 0 Å². The van der Waals surface area contributed by atoms with Gasteiger partial charge in [0, 0.05) is 5.56 Å². The highest BCUT2D eigenvalue weighted by Crippen LogP contribution is 2.31. The van der Waals surface area contributed by atoms with E-state index in [1.54, 1.807) is 29.6 Å². The Labute approximate surface area is 203 Å². The molecular weight excluding hydrogens is 506 g/mol. The molecule has 3 aromatic rings. The summed E-state index contributed by atoms with van der Waals surface area (Å²) in [5.41, 5.74) is 2.47. The number of nitrogens with zero attached hydrogens (tertiary/aromatic N) is 1. The molecule has 2 aromatic carbocycles. The van der Waals surface area contributed by atoms with E-state index in [-0.39, 0.29) is 32.0 Å². The van der Waals surface area contributed by atoms with Crippen LogP contribution in [0.15, 0.2) is 63.2 Å². The maximum absolute atomic E-state index is 12.8. The first-order chi connectivity index (χ1) is 16.2. The number of carbonyl (C=O) groups excluding carboxylic acids is 1. The van der Waals surface area contributed by atoms with Crippen molar-refractivity contribution in [3.8, 4) is 11.5 Å². The first kappa shape index (κ1) is 25.0. The summed E-state index contributed by atoms with van der Waals surface area (Å²) < 4.78 is 38.1. The third-order valence-electron chi connectivity index (χ3n) is 4.19. The van der Waals surface area contributed by atoms with Crippen LogP contribution >= 0.6 is 22.9 Å². The standard InChI is InChI=1S/C21H18ClN3O7S2/c1-31-16-8-2-5-13(20(16)32-12-17(26)27)11-23-24-21(28)14-6-3-7-15(22)19(14)25-34(29,30)18-9-4-10-33-18/h2-11,25H,12H2,1H3,(H,24,28)(H,26,27)/b23-11-. The number of anilines is 1. The number of hydrogen-bond acceptors (Lipinski definition) is 8. The van der Waals surface area contributed by atoms with Crippen LogP contribution < -0.4 is 19.6 Å². The number of methoxy groups -OCH3 is 1. The predicted molar refractivity (Wildman–Crippen MR) is 128 cm³/mol. The molecule has 3 N–H and O–H groups in total. The van der Waals surface area contributed by atoms with Crippen LogP contribution in [-0.4, -0.2) is 45.3 Å². The molecule has 0 saturated heterocycles. The maximum atomic E-state index is 12.8. The summed E-state index contributed by atoms with van der Waals surface area (Å²) >= 11 is 7.18. The largest absolute Gasteiger partial charge is 0.493 e. The summed E-state index contributed by atoms with van der Waals surface area (Å²) in [6.07, 6.45) is 1.23. The van der Waals surface area contributed by atoms with Gasteiger partial charge in [0.2, 0.25) is 0 Å². The second-order valence-corrected chi connectivity index (χ2v) is 9.72. The minimum Gasteiger partial charge on any atom is -0.493 e. The van der Waals surface area contributed by atoms with Gasteiger partial charge in [0.25, 0.3) is 15.9 Å². The van der Waals surface area contributed by atoms with E-state index in [0.717, 1.165) is 11.3 Å². The van der Waals surface area contributed by atoms with Crippen molar-refractivity contribution >= 4 is 56.7 Å². The van der Waals surface area contributed by atoms with Gasteiger partial charge in [-0.3, -0.25) is 9.52 Å². The summed E-state index contributed by atoms with van der Waals surface area (Å²) in [4.78, 5) is 23.6. The number of sulfonamides is 1. The number of rotatable bonds is 10. The number of halogens is 1. The van der Waals surface area contributed by atoms with Gasteiger partial charge < -0.3 is 14.6 Å². The van der Waals surface area contributed by atoms with E-state index in [1.165, 1.54) is 37.6 Å². The number of hydrazone groups is 1. The van der Waals surface area contributed by atoms with Gasteiger partial charge in [-0.2, -0.15) is 5.10 Å². The number of para-hydroxylation sites is 2. The number of benzene rings is 2. The molecule has 0 unspecified atom stereocenters. The number of thiophene rings is 1. The van der Waals surface area contributed by atoms with Crippen LogP contribution in [0.1, 0.15) is 15.9 Å². The highest BCUT2D eigenvalue weighted by molar-refractivity contribution is 7.94. The van der Waals surface area contributed by atoms with Gasteiger partial charge in [-0.25, -0.2) is 18.6 Å². The summed E-state index contributed by atoms with van der Waals surface area (Å²) in [6.45, 7) is -0.607. The lowest BCUT2D eigenvalue weighted by Gasteiger charge is -2.13. The Balaban J connectivity index is 1.83. The molecule has 1 amide bonds. The Bertz CT molecular complexity index is 1330. The van der Waals surface area contributed by atoms with Gasteiger partial charge >= 0.3 is 5.97 Å². The van der Waals surface area contributed by atoms with Crippen LogP contribution in [-0.2, 0) is 14.8 Å². The van der Waals surface area contributed by atoms with Crippen LogP contribution in [0, 0.1) is 0 Å². The molecule has 0 saturated carbocycles. The third-order valence-corrected chi connectivity index (χ3v) is 7.26. The fourth-order valence-electron chi connectivity index (χ4n) is 2.72. The lowest BCUT2D eigenvalue weighted by Crippen LogP contribution is -2.21. The Kier molecular flexibility index (Phi) is 8.10. The van der Waals surface area contributed by atoms with Crippen molar-refractivity contribution in [2.45, 2.75) is 4.21 Å². The lowest BCUT2D eigenvalue weighted by atomic mass is 10.2. The zero-order valence-corrected chi connectivity index (χ0v) is 19.9. The topological polar surface area (TPSA) is 143 Å². The number of hydrogen-bond donors (Lipinski definition) is 3. The van der Waals surface area contributed by atoms with Crippen LogP contribution in [0.4, 0.5) is 5.69 Å². The van der Waals surface area contributed by atoms with E-state index in [0.29, 0.717) is 5.56 Å². The maximum Gasteiger partial charge on any atom is 0.341 e. The molecule has 0 bridgehead atoms. The minimum absolute atomic E-state index is 0.0221. The van der Waals surface area contributed by atoms with E-state index < -0.39 is 28.5 Å². The summed E-state index contributed by atoms with van der Waals surface area (Å²) in [5, 5.41) is 14.4. The highest BCUT2D eigenvalue weighted by atomic mass is 35.5. The fraction of sp³-hybridized carbons (Fsp3) is 0.0952. The third kappa shape index (κ3) is 6.04. The number of carboxylic acids is 1. The Morgan fingerprint density at radius 3 is 2.62 bits per heavy atom. The summed E-state index contributed by atoms with van der Waals surface area (Å²) in [5.74, 6) is -1.52. The van der Waals surface area contributed by atoms with Crippen molar-refractivity contribution in [2.24, 2.45) is 5.10 Å². The fourth-order valence-corrected chi connectivity index (χ4v) is 5.09. The van der Waals surface area contributed by atoms with Gasteiger partial charge in [0.1, 0.15) is 4.21 Å². The summed E-state index contributed by atoms with van der Waals surface area (Å²) in [7, 11) is -2.56. The first-order valence-corrected chi connectivity index (χ1v) is 12.2.